The monoisotopic (exact) mass is 281 g/mol. The van der Waals surface area contributed by atoms with Gasteiger partial charge in [-0.3, -0.25) is 0 Å². The molecule has 0 saturated heterocycles. The molecule has 20 heavy (non-hydrogen) atoms. The highest BCUT2D eigenvalue weighted by atomic mass is 16.5. The minimum absolute atomic E-state index is 0.230. The molecule has 114 valence electrons. The van der Waals surface area contributed by atoms with Gasteiger partial charge in [0.05, 0.1) is 6.61 Å². The Bertz CT molecular complexity index is 370. The maximum absolute atomic E-state index is 9.88. The average Bonchev–Trinajstić information content (AvgIpc) is 2.49. The summed E-state index contributed by atoms with van der Waals surface area (Å²) in [5.41, 5.74) is 1.24. The molecule has 0 aromatic heterocycles. The summed E-state index contributed by atoms with van der Waals surface area (Å²) < 4.78 is 10.9. The van der Waals surface area contributed by atoms with Gasteiger partial charge in [0.15, 0.2) is 0 Å². The Labute approximate surface area is 122 Å². The van der Waals surface area contributed by atoms with Crippen LogP contribution in [0.15, 0.2) is 24.3 Å². The molecule has 0 aliphatic rings. The van der Waals surface area contributed by atoms with Crippen molar-refractivity contribution >= 4 is 0 Å². The summed E-state index contributed by atoms with van der Waals surface area (Å²) >= 11 is 0. The van der Waals surface area contributed by atoms with Gasteiger partial charge in [0.1, 0.15) is 18.5 Å². The molecule has 2 unspecified atom stereocenters. The van der Waals surface area contributed by atoms with Gasteiger partial charge in [0, 0.05) is 19.2 Å². The first-order valence-electron chi connectivity index (χ1n) is 7.36. The van der Waals surface area contributed by atoms with Crippen LogP contribution in [0.25, 0.3) is 0 Å². The predicted octanol–water partition coefficient (Wildman–Crippen LogP) is 2.00. The summed E-state index contributed by atoms with van der Waals surface area (Å²) in [5, 5.41) is 13.1. The minimum atomic E-state index is -0.524. The van der Waals surface area contributed by atoms with Crippen LogP contribution in [0, 0.1) is 0 Å². The second-order valence-electron chi connectivity index (χ2n) is 4.93. The summed E-state index contributed by atoms with van der Waals surface area (Å²) in [4.78, 5) is 0. The van der Waals surface area contributed by atoms with Gasteiger partial charge < -0.3 is 19.9 Å². The molecule has 2 atom stereocenters. The molecule has 0 radical (unpaired) electrons. The van der Waals surface area contributed by atoms with Crippen molar-refractivity contribution in [2.45, 2.75) is 39.3 Å². The molecule has 0 heterocycles. The molecule has 0 fully saturated rings. The van der Waals surface area contributed by atoms with Crippen molar-refractivity contribution in [1.82, 2.24) is 5.32 Å². The maximum Gasteiger partial charge on any atom is 0.119 e. The van der Waals surface area contributed by atoms with Crippen LogP contribution in [0.5, 0.6) is 5.75 Å². The zero-order valence-corrected chi connectivity index (χ0v) is 12.8. The summed E-state index contributed by atoms with van der Waals surface area (Å²) in [5.74, 6) is 0.811. The Kier molecular flexibility index (Phi) is 8.26. The Hall–Kier alpha value is -1.10. The van der Waals surface area contributed by atoms with Gasteiger partial charge in [-0.05, 0) is 38.0 Å². The van der Waals surface area contributed by atoms with E-state index in [1.165, 1.54) is 5.56 Å². The molecule has 0 spiro atoms. The van der Waals surface area contributed by atoms with E-state index in [0.717, 1.165) is 12.2 Å². The van der Waals surface area contributed by atoms with Crippen LogP contribution in [0.2, 0.25) is 0 Å². The Morgan fingerprint density at radius 2 is 2.05 bits per heavy atom. The molecule has 0 saturated carbocycles. The molecule has 4 heteroatoms. The maximum atomic E-state index is 9.88. The lowest BCUT2D eigenvalue weighted by Crippen LogP contribution is -2.38. The highest BCUT2D eigenvalue weighted by Crippen LogP contribution is 2.13. The van der Waals surface area contributed by atoms with E-state index in [1.54, 1.807) is 0 Å². The lowest BCUT2D eigenvalue weighted by Gasteiger charge is -2.17. The largest absolute Gasteiger partial charge is 0.491 e. The molecule has 0 amide bonds. The molecular formula is C16H27NO3. The molecule has 1 rings (SSSR count). The SMILES string of the molecule is CCOCC(C)NCC(O)COc1cccc(CC)c1. The van der Waals surface area contributed by atoms with E-state index in [2.05, 4.69) is 18.3 Å². The van der Waals surface area contributed by atoms with Gasteiger partial charge in [0.2, 0.25) is 0 Å². The topological polar surface area (TPSA) is 50.7 Å². The number of nitrogens with one attached hydrogen (secondary N) is 1. The molecular weight excluding hydrogens is 254 g/mol. The summed E-state index contributed by atoms with van der Waals surface area (Å²) in [6.45, 7) is 8.28. The molecule has 0 aliphatic carbocycles. The number of aliphatic hydroxyl groups is 1. The van der Waals surface area contributed by atoms with Crippen molar-refractivity contribution in [2.75, 3.05) is 26.4 Å². The molecule has 1 aromatic carbocycles. The number of aryl methyl sites for hydroxylation is 1. The van der Waals surface area contributed by atoms with Crippen molar-refractivity contribution in [1.29, 1.82) is 0 Å². The normalized spacial score (nSPS) is 14.0. The Balaban J connectivity index is 2.23. The summed E-state index contributed by atoms with van der Waals surface area (Å²) in [6, 6.07) is 8.20. The first-order chi connectivity index (χ1) is 9.65. The van der Waals surface area contributed by atoms with E-state index in [0.29, 0.717) is 26.4 Å². The zero-order chi connectivity index (χ0) is 14.8. The third-order valence-electron chi connectivity index (χ3n) is 3.02. The third kappa shape index (κ3) is 6.89. The van der Waals surface area contributed by atoms with Gasteiger partial charge in [-0.1, -0.05) is 19.1 Å². The quantitative estimate of drug-likeness (QED) is 0.689. The van der Waals surface area contributed by atoms with Crippen molar-refractivity contribution in [3.63, 3.8) is 0 Å². The van der Waals surface area contributed by atoms with E-state index in [4.69, 9.17) is 9.47 Å². The molecule has 4 nitrogen and oxygen atoms in total. The smallest absolute Gasteiger partial charge is 0.119 e. The number of hydrogen-bond donors (Lipinski definition) is 2. The van der Waals surface area contributed by atoms with E-state index < -0.39 is 6.10 Å². The van der Waals surface area contributed by atoms with Gasteiger partial charge in [0.25, 0.3) is 0 Å². The lowest BCUT2D eigenvalue weighted by atomic mass is 10.2. The van der Waals surface area contributed by atoms with Gasteiger partial charge in [-0.2, -0.15) is 0 Å². The number of rotatable bonds is 10. The van der Waals surface area contributed by atoms with Gasteiger partial charge >= 0.3 is 0 Å². The van der Waals surface area contributed by atoms with Crippen LogP contribution in [-0.2, 0) is 11.2 Å². The van der Waals surface area contributed by atoms with E-state index in [-0.39, 0.29) is 6.04 Å². The number of ether oxygens (including phenoxy) is 2. The predicted molar refractivity (Wildman–Crippen MR) is 81.3 cm³/mol. The van der Waals surface area contributed by atoms with Gasteiger partial charge in [-0.25, -0.2) is 0 Å². The van der Waals surface area contributed by atoms with Crippen LogP contribution in [-0.4, -0.2) is 43.6 Å². The summed E-state index contributed by atoms with van der Waals surface area (Å²) in [7, 11) is 0. The van der Waals surface area contributed by atoms with Crippen molar-refractivity contribution in [2.24, 2.45) is 0 Å². The third-order valence-corrected chi connectivity index (χ3v) is 3.02. The number of aliphatic hydroxyl groups excluding tert-OH is 1. The zero-order valence-electron chi connectivity index (χ0n) is 12.8. The lowest BCUT2D eigenvalue weighted by molar-refractivity contribution is 0.0907. The summed E-state index contributed by atoms with van der Waals surface area (Å²) in [6.07, 6.45) is 0.459. The standard InChI is InChI=1S/C16H27NO3/c1-4-14-7-6-8-16(9-14)20-12-15(18)10-17-13(3)11-19-5-2/h6-9,13,15,17-18H,4-5,10-12H2,1-3H3. The fourth-order valence-corrected chi connectivity index (χ4v) is 1.80. The second kappa shape index (κ2) is 9.75. The van der Waals surface area contributed by atoms with Gasteiger partial charge in [-0.15, -0.1) is 0 Å². The van der Waals surface area contributed by atoms with Crippen LogP contribution in [0.4, 0.5) is 0 Å². The highest BCUT2D eigenvalue weighted by Gasteiger charge is 2.08. The Morgan fingerprint density at radius 3 is 2.75 bits per heavy atom. The first-order valence-corrected chi connectivity index (χ1v) is 7.36. The fraction of sp³-hybridized carbons (Fsp3) is 0.625. The fourth-order valence-electron chi connectivity index (χ4n) is 1.80. The van der Waals surface area contributed by atoms with E-state index in [1.807, 2.05) is 32.0 Å². The number of benzene rings is 1. The van der Waals surface area contributed by atoms with Crippen molar-refractivity contribution in [3.05, 3.63) is 29.8 Å². The first kappa shape index (κ1) is 17.0. The highest BCUT2D eigenvalue weighted by molar-refractivity contribution is 5.28. The molecule has 1 aromatic rings. The van der Waals surface area contributed by atoms with E-state index in [9.17, 15) is 5.11 Å². The van der Waals surface area contributed by atoms with Crippen LogP contribution in [0.1, 0.15) is 26.3 Å². The molecule has 2 N–H and O–H groups in total. The second-order valence-corrected chi connectivity index (χ2v) is 4.93. The minimum Gasteiger partial charge on any atom is -0.491 e. The van der Waals surface area contributed by atoms with Crippen molar-refractivity contribution in [3.8, 4) is 5.75 Å². The van der Waals surface area contributed by atoms with Crippen LogP contribution >= 0.6 is 0 Å². The average molecular weight is 281 g/mol. The molecule has 0 bridgehead atoms. The van der Waals surface area contributed by atoms with Crippen LogP contribution < -0.4 is 10.1 Å². The number of hydrogen-bond acceptors (Lipinski definition) is 4. The Morgan fingerprint density at radius 1 is 1.25 bits per heavy atom. The molecule has 0 aliphatic heterocycles. The van der Waals surface area contributed by atoms with Crippen LogP contribution in [0.3, 0.4) is 0 Å². The van der Waals surface area contributed by atoms with Crippen molar-refractivity contribution < 1.29 is 14.6 Å². The van der Waals surface area contributed by atoms with E-state index >= 15 is 0 Å².